The molecule has 206 valence electrons. The Kier molecular flexibility index (Phi) is 8.89. The summed E-state index contributed by atoms with van der Waals surface area (Å²) >= 11 is 6.63. The molecule has 0 amide bonds. The highest BCUT2D eigenvalue weighted by Crippen LogP contribution is 2.37. The van der Waals surface area contributed by atoms with Crippen molar-refractivity contribution < 1.29 is 36.1 Å². The van der Waals surface area contributed by atoms with Gasteiger partial charge in [0.05, 0.1) is 11.0 Å². The van der Waals surface area contributed by atoms with Crippen molar-refractivity contribution in [2.75, 3.05) is 13.1 Å². The molecule has 2 aromatic rings. The monoisotopic (exact) mass is 592 g/mol. The third-order valence-corrected chi connectivity index (χ3v) is 8.99. The molecule has 15 heteroatoms. The number of piperidine rings is 1. The van der Waals surface area contributed by atoms with E-state index in [2.05, 4.69) is 21.1 Å². The van der Waals surface area contributed by atoms with Crippen molar-refractivity contribution in [2.24, 2.45) is 4.40 Å². The third kappa shape index (κ3) is 6.43. The van der Waals surface area contributed by atoms with Crippen LogP contribution in [0.5, 0.6) is 0 Å². The molecular weight excluding hydrogens is 569 g/mol. The fourth-order valence-corrected chi connectivity index (χ4v) is 6.58. The van der Waals surface area contributed by atoms with Crippen LogP contribution in [0.2, 0.25) is 0 Å². The highest BCUT2D eigenvalue weighted by atomic mass is 35.5. The molecular formula is C23H24ClF3N4O5S2. The average Bonchev–Trinajstić information content (AvgIpc) is 3.26. The Morgan fingerprint density at radius 3 is 2.26 bits per heavy atom. The number of alkyl halides is 3. The maximum Gasteiger partial charge on any atom is 0.492 e. The number of benzene rings is 2. The summed E-state index contributed by atoms with van der Waals surface area (Å²) in [5, 5.41) is 0.550. The summed E-state index contributed by atoms with van der Waals surface area (Å²) < 4.78 is 69.5. The van der Waals surface area contributed by atoms with Gasteiger partial charge in [-0.1, -0.05) is 48.5 Å². The number of likely N-dealkylation sites (tertiary alicyclic amines) is 1. The van der Waals surface area contributed by atoms with Gasteiger partial charge in [-0.05, 0) is 49.1 Å². The third-order valence-electron chi connectivity index (χ3n) is 6.04. The molecule has 4 rings (SSSR count). The Labute approximate surface area is 227 Å². The molecule has 2 atom stereocenters. The van der Waals surface area contributed by atoms with Crippen LogP contribution in [0, 0.1) is 0 Å². The van der Waals surface area contributed by atoms with E-state index in [0.717, 1.165) is 22.8 Å². The lowest BCUT2D eigenvalue weighted by Crippen LogP contribution is -2.51. The number of nitrogens with zero attached hydrogens (tertiary/aromatic N) is 4. The number of amidine groups is 1. The zero-order valence-corrected chi connectivity index (χ0v) is 22.4. The SMILES string of the molecule is CC(c1ccccc1)N1CCC(ON2C(Cl)=NS[C@@H]2N(OC(=O)C(F)(F)F)S(=O)(=O)c2ccccc2)CC1. The van der Waals surface area contributed by atoms with Crippen molar-refractivity contribution in [1.82, 2.24) is 14.4 Å². The Hall–Kier alpha value is -2.36. The van der Waals surface area contributed by atoms with E-state index in [1.54, 1.807) is 0 Å². The minimum atomic E-state index is -5.45. The van der Waals surface area contributed by atoms with Gasteiger partial charge in [-0.3, -0.25) is 9.74 Å². The van der Waals surface area contributed by atoms with Crippen LogP contribution in [0.15, 0.2) is 70.0 Å². The first-order valence-corrected chi connectivity index (χ1v) is 14.2. The predicted octanol–water partition coefficient (Wildman–Crippen LogP) is 4.70. The Bertz CT molecular complexity index is 1250. The zero-order chi connectivity index (χ0) is 27.5. The van der Waals surface area contributed by atoms with Gasteiger partial charge < -0.3 is 4.84 Å². The molecule has 0 radical (unpaired) electrons. The molecule has 38 heavy (non-hydrogen) atoms. The van der Waals surface area contributed by atoms with Crippen LogP contribution in [0.1, 0.15) is 31.4 Å². The quantitative estimate of drug-likeness (QED) is 0.248. The van der Waals surface area contributed by atoms with Crippen molar-refractivity contribution in [3.63, 3.8) is 0 Å². The van der Waals surface area contributed by atoms with Gasteiger partial charge in [0.2, 0.25) is 10.8 Å². The highest BCUT2D eigenvalue weighted by Gasteiger charge is 2.50. The molecule has 0 bridgehead atoms. The van der Waals surface area contributed by atoms with E-state index in [1.165, 1.54) is 18.2 Å². The Morgan fingerprint density at radius 1 is 1.11 bits per heavy atom. The van der Waals surface area contributed by atoms with E-state index in [4.69, 9.17) is 16.4 Å². The molecule has 1 unspecified atom stereocenters. The van der Waals surface area contributed by atoms with Crippen molar-refractivity contribution in [1.29, 1.82) is 0 Å². The van der Waals surface area contributed by atoms with Gasteiger partial charge in [0.1, 0.15) is 0 Å². The molecule has 2 aromatic carbocycles. The van der Waals surface area contributed by atoms with E-state index in [0.29, 0.717) is 37.9 Å². The van der Waals surface area contributed by atoms with Crippen LogP contribution in [0.3, 0.4) is 0 Å². The number of hydrogen-bond donors (Lipinski definition) is 0. The molecule has 1 fully saturated rings. The van der Waals surface area contributed by atoms with Gasteiger partial charge in [-0.15, -0.1) is 0 Å². The summed E-state index contributed by atoms with van der Waals surface area (Å²) in [5.41, 5.74) is -0.508. The van der Waals surface area contributed by atoms with E-state index in [1.807, 2.05) is 30.3 Å². The molecule has 0 aliphatic carbocycles. The normalized spacial score (nSPS) is 20.4. The topological polar surface area (TPSA) is 91.8 Å². The maximum atomic E-state index is 13.3. The first-order chi connectivity index (χ1) is 18.0. The molecule has 0 aromatic heterocycles. The lowest BCUT2D eigenvalue weighted by molar-refractivity contribution is -0.246. The Morgan fingerprint density at radius 2 is 1.68 bits per heavy atom. The van der Waals surface area contributed by atoms with Gasteiger partial charge in [-0.25, -0.2) is 13.2 Å². The van der Waals surface area contributed by atoms with E-state index in [9.17, 15) is 26.4 Å². The molecule has 1 saturated heterocycles. The number of hydrogen-bond acceptors (Lipinski definition) is 9. The van der Waals surface area contributed by atoms with Gasteiger partial charge in [0, 0.05) is 35.5 Å². The van der Waals surface area contributed by atoms with E-state index < -0.39 is 38.7 Å². The highest BCUT2D eigenvalue weighted by molar-refractivity contribution is 8.00. The number of carbonyl (C=O) groups is 1. The number of carbonyl (C=O) groups excluding carboxylic acids is 1. The molecule has 0 spiro atoms. The molecule has 2 aliphatic heterocycles. The second kappa shape index (κ2) is 11.8. The fraction of sp³-hybridized carbons (Fsp3) is 0.391. The van der Waals surface area contributed by atoms with Crippen LogP contribution in [0.4, 0.5) is 13.2 Å². The van der Waals surface area contributed by atoms with Gasteiger partial charge in [-0.2, -0.15) is 22.6 Å². The van der Waals surface area contributed by atoms with Crippen molar-refractivity contribution >= 4 is 44.8 Å². The number of hydroxylamine groups is 3. The smallest absolute Gasteiger partial charge is 0.342 e. The van der Waals surface area contributed by atoms with Crippen LogP contribution in [0.25, 0.3) is 0 Å². The first-order valence-electron chi connectivity index (χ1n) is 11.5. The standard InChI is InChI=1S/C23H24ClF3N4O5S2/c1-16(17-8-4-2-5-9-17)29-14-12-18(13-15-29)35-30-21(24)28-37-22(30)31(36-20(32)23(25,26)27)38(33,34)19-10-6-3-7-11-19/h2-11,16,18,22H,12-15H2,1H3/t16?,22-/m0/s1. The molecule has 9 nitrogen and oxygen atoms in total. The van der Waals surface area contributed by atoms with Gasteiger partial charge in [0.25, 0.3) is 10.0 Å². The molecule has 2 heterocycles. The zero-order valence-electron chi connectivity index (χ0n) is 20.0. The molecule has 2 aliphatic rings. The number of sulfonamides is 1. The second-order valence-corrected chi connectivity index (χ2v) is 11.4. The average molecular weight is 593 g/mol. The first kappa shape index (κ1) is 28.6. The lowest BCUT2D eigenvalue weighted by atomic mass is 10.0. The summed E-state index contributed by atoms with van der Waals surface area (Å²) in [6.45, 7) is 3.39. The minimum Gasteiger partial charge on any atom is -0.342 e. The van der Waals surface area contributed by atoms with Crippen molar-refractivity contribution in [3.05, 3.63) is 66.2 Å². The van der Waals surface area contributed by atoms with Crippen molar-refractivity contribution in [2.45, 2.75) is 48.5 Å². The van der Waals surface area contributed by atoms with Crippen LogP contribution in [-0.4, -0.2) is 65.0 Å². The maximum absolute atomic E-state index is 13.3. The number of rotatable bonds is 8. The lowest BCUT2D eigenvalue weighted by Gasteiger charge is -2.38. The molecule has 0 N–H and O–H groups in total. The van der Waals surface area contributed by atoms with Gasteiger partial charge in [0.15, 0.2) is 0 Å². The van der Waals surface area contributed by atoms with Crippen molar-refractivity contribution in [3.8, 4) is 0 Å². The summed E-state index contributed by atoms with van der Waals surface area (Å²) in [7, 11) is -4.78. The number of halogens is 4. The Balaban J connectivity index is 1.50. The largest absolute Gasteiger partial charge is 0.492 e. The second-order valence-electron chi connectivity index (χ2n) is 8.50. The summed E-state index contributed by atoms with van der Waals surface area (Å²) in [6.07, 6.45) is -4.84. The summed E-state index contributed by atoms with van der Waals surface area (Å²) in [4.78, 5) is 23.9. The summed E-state index contributed by atoms with van der Waals surface area (Å²) in [6, 6.07) is 16.7. The van der Waals surface area contributed by atoms with E-state index >= 15 is 0 Å². The summed E-state index contributed by atoms with van der Waals surface area (Å²) in [5.74, 6) is -2.72. The molecule has 0 saturated carbocycles. The van der Waals surface area contributed by atoms with Crippen LogP contribution >= 0.6 is 23.5 Å². The fourth-order valence-electron chi connectivity index (χ4n) is 4.00. The van der Waals surface area contributed by atoms with Crippen LogP contribution in [-0.2, 0) is 24.5 Å². The van der Waals surface area contributed by atoms with Crippen LogP contribution < -0.4 is 0 Å². The van der Waals surface area contributed by atoms with E-state index in [-0.39, 0.29) is 15.8 Å². The van der Waals surface area contributed by atoms with Gasteiger partial charge >= 0.3 is 12.1 Å². The minimum absolute atomic E-state index is 0.0751. The predicted molar refractivity (Wildman–Crippen MR) is 135 cm³/mol.